The molecule has 0 aliphatic rings. The highest BCUT2D eigenvalue weighted by Crippen LogP contribution is 2.29. The van der Waals surface area contributed by atoms with Crippen LogP contribution in [0.2, 0.25) is 0 Å². The van der Waals surface area contributed by atoms with Crippen molar-refractivity contribution in [1.82, 2.24) is 15.5 Å². The second-order valence-corrected chi connectivity index (χ2v) is 4.66. The minimum atomic E-state index is -4.82. The van der Waals surface area contributed by atoms with Crippen molar-refractivity contribution in [3.63, 3.8) is 0 Å². The number of alkyl halides is 3. The fourth-order valence-electron chi connectivity index (χ4n) is 1.78. The first-order valence-corrected chi connectivity index (χ1v) is 7.04. The molecule has 1 aromatic heterocycles. The van der Waals surface area contributed by atoms with E-state index in [1.165, 1.54) is 30.5 Å². The number of anilines is 1. The number of nitrogens with two attached hydrogens (primary N) is 1. The van der Waals surface area contributed by atoms with Gasteiger partial charge in [-0.1, -0.05) is 12.1 Å². The van der Waals surface area contributed by atoms with Crippen molar-refractivity contribution < 1.29 is 22.7 Å². The van der Waals surface area contributed by atoms with Crippen LogP contribution in [-0.2, 0) is 0 Å². The second-order valence-electron chi connectivity index (χ2n) is 4.66. The number of ether oxygens (including phenoxy) is 1. The molecule has 142 valence electrons. The number of hydrogen-bond acceptors (Lipinski definition) is 4. The van der Waals surface area contributed by atoms with Crippen molar-refractivity contribution in [1.29, 1.82) is 0 Å². The molecular formula is C14H16F3IN6O2. The van der Waals surface area contributed by atoms with Gasteiger partial charge >= 0.3 is 6.36 Å². The van der Waals surface area contributed by atoms with Crippen molar-refractivity contribution in [3.8, 4) is 5.75 Å². The summed E-state index contributed by atoms with van der Waals surface area (Å²) in [6.07, 6.45) is -3.38. The molecule has 1 aromatic carbocycles. The van der Waals surface area contributed by atoms with Gasteiger partial charge in [-0.05, 0) is 18.2 Å². The molecule has 12 heteroatoms. The number of benzene rings is 1. The summed E-state index contributed by atoms with van der Waals surface area (Å²) in [6.45, 7) is 0.307. The highest BCUT2D eigenvalue weighted by Gasteiger charge is 2.32. The van der Waals surface area contributed by atoms with Crippen LogP contribution in [0.25, 0.3) is 0 Å². The normalized spacial score (nSPS) is 11.4. The van der Waals surface area contributed by atoms with Gasteiger partial charge in [-0.2, -0.15) is 5.10 Å². The summed E-state index contributed by atoms with van der Waals surface area (Å²) >= 11 is 0. The van der Waals surface area contributed by atoms with Crippen molar-refractivity contribution in [2.75, 3.05) is 18.4 Å². The van der Waals surface area contributed by atoms with Crippen LogP contribution in [0.4, 0.5) is 18.9 Å². The first-order valence-electron chi connectivity index (χ1n) is 7.04. The number of rotatable bonds is 6. The summed E-state index contributed by atoms with van der Waals surface area (Å²) in [5, 5.41) is 11.2. The standard InChI is InChI=1S/C14H15F3N6O2.HI/c15-14(16,17)25-11-4-2-1-3-9(11)22-13(18)20-8-7-19-12(24)10-5-6-21-23-10;/h1-6H,7-8H2,(H,19,24)(H,21,23)(H3,18,20,22);1H. The van der Waals surface area contributed by atoms with Crippen LogP contribution in [0.3, 0.4) is 0 Å². The monoisotopic (exact) mass is 484 g/mol. The second kappa shape index (κ2) is 9.84. The van der Waals surface area contributed by atoms with Gasteiger partial charge in [0.15, 0.2) is 11.7 Å². The molecule has 0 saturated carbocycles. The summed E-state index contributed by atoms with van der Waals surface area (Å²) in [7, 11) is 0. The molecule has 0 aliphatic carbocycles. The predicted octanol–water partition coefficient (Wildman–Crippen LogP) is 2.08. The first kappa shape index (κ1) is 21.5. The Balaban J connectivity index is 0.00000338. The number of nitrogens with zero attached hydrogens (tertiary/aromatic N) is 2. The molecule has 0 aliphatic heterocycles. The van der Waals surface area contributed by atoms with E-state index >= 15 is 0 Å². The lowest BCUT2D eigenvalue weighted by atomic mass is 10.3. The molecule has 2 aromatic rings. The topological polar surface area (TPSA) is 117 Å². The van der Waals surface area contributed by atoms with E-state index in [2.05, 4.69) is 30.6 Å². The molecule has 0 unspecified atom stereocenters. The van der Waals surface area contributed by atoms with Crippen LogP contribution < -0.4 is 21.1 Å². The molecule has 26 heavy (non-hydrogen) atoms. The number of carbonyl (C=O) groups is 1. The van der Waals surface area contributed by atoms with Gasteiger partial charge in [-0.3, -0.25) is 14.9 Å². The number of carbonyl (C=O) groups excluding carboxylic acids is 1. The molecule has 0 bridgehead atoms. The van der Waals surface area contributed by atoms with Crippen LogP contribution in [0.5, 0.6) is 5.75 Å². The zero-order valence-electron chi connectivity index (χ0n) is 13.2. The van der Waals surface area contributed by atoms with Crippen molar-refractivity contribution in [2.45, 2.75) is 6.36 Å². The van der Waals surface area contributed by atoms with E-state index in [-0.39, 0.29) is 54.6 Å². The van der Waals surface area contributed by atoms with Crippen molar-refractivity contribution in [3.05, 3.63) is 42.2 Å². The van der Waals surface area contributed by atoms with E-state index in [0.717, 1.165) is 6.07 Å². The number of halogens is 4. The molecule has 0 saturated heterocycles. The molecule has 1 heterocycles. The molecule has 1 amide bonds. The molecule has 0 spiro atoms. The van der Waals surface area contributed by atoms with E-state index in [9.17, 15) is 18.0 Å². The Morgan fingerprint density at radius 2 is 2.04 bits per heavy atom. The van der Waals surface area contributed by atoms with E-state index < -0.39 is 12.1 Å². The van der Waals surface area contributed by atoms with Gasteiger partial charge in [-0.25, -0.2) is 0 Å². The lowest BCUT2D eigenvalue weighted by Gasteiger charge is -2.14. The van der Waals surface area contributed by atoms with Crippen LogP contribution in [0.1, 0.15) is 10.5 Å². The number of aromatic nitrogens is 2. The maximum Gasteiger partial charge on any atom is 0.573 e. The van der Waals surface area contributed by atoms with Gasteiger partial charge in [0.25, 0.3) is 5.91 Å². The van der Waals surface area contributed by atoms with Crippen LogP contribution in [0, 0.1) is 0 Å². The summed E-state index contributed by atoms with van der Waals surface area (Å²) in [6, 6.07) is 6.93. The average Bonchev–Trinajstić information content (AvgIpc) is 3.06. The van der Waals surface area contributed by atoms with Gasteiger partial charge in [-0.15, -0.1) is 37.1 Å². The predicted molar refractivity (Wildman–Crippen MR) is 99.6 cm³/mol. The van der Waals surface area contributed by atoms with Gasteiger partial charge in [0, 0.05) is 12.7 Å². The number of guanidine groups is 1. The fraction of sp³-hybridized carbons (Fsp3) is 0.214. The quantitative estimate of drug-likeness (QED) is 0.217. The number of nitrogens with one attached hydrogen (secondary N) is 3. The summed E-state index contributed by atoms with van der Waals surface area (Å²) in [5.74, 6) is -0.905. The van der Waals surface area contributed by atoms with E-state index in [4.69, 9.17) is 5.73 Å². The summed E-state index contributed by atoms with van der Waals surface area (Å²) in [4.78, 5) is 15.5. The molecular weight excluding hydrogens is 468 g/mol. The van der Waals surface area contributed by atoms with Crippen LogP contribution in [-0.4, -0.2) is 41.5 Å². The van der Waals surface area contributed by atoms with Gasteiger partial charge in [0.1, 0.15) is 5.69 Å². The maximum absolute atomic E-state index is 12.3. The molecule has 0 fully saturated rings. The molecule has 2 rings (SSSR count). The molecule has 8 nitrogen and oxygen atoms in total. The molecule has 5 N–H and O–H groups in total. The smallest absolute Gasteiger partial charge is 0.404 e. The number of amides is 1. The van der Waals surface area contributed by atoms with E-state index in [1.54, 1.807) is 0 Å². The molecule has 0 radical (unpaired) electrons. The van der Waals surface area contributed by atoms with E-state index in [0.29, 0.717) is 5.69 Å². The Morgan fingerprint density at radius 1 is 1.31 bits per heavy atom. The number of para-hydroxylation sites is 2. The van der Waals surface area contributed by atoms with E-state index in [1.807, 2.05) is 0 Å². The lowest BCUT2D eigenvalue weighted by molar-refractivity contribution is -0.274. The van der Waals surface area contributed by atoms with Gasteiger partial charge in [0.2, 0.25) is 0 Å². The SMILES string of the molecule is I.NC(=NCCNC(=O)c1ccn[nH]1)Nc1ccccc1OC(F)(F)F. The largest absolute Gasteiger partial charge is 0.573 e. The van der Waals surface area contributed by atoms with Gasteiger partial charge in [0.05, 0.1) is 12.2 Å². The highest BCUT2D eigenvalue weighted by molar-refractivity contribution is 14.0. The third-order valence-electron chi connectivity index (χ3n) is 2.80. The third-order valence-corrected chi connectivity index (χ3v) is 2.80. The Bertz CT molecular complexity index is 737. The maximum atomic E-state index is 12.3. The minimum Gasteiger partial charge on any atom is -0.404 e. The fourth-order valence-corrected chi connectivity index (χ4v) is 1.78. The van der Waals surface area contributed by atoms with Crippen LogP contribution in [0.15, 0.2) is 41.5 Å². The Labute approximate surface area is 163 Å². The third kappa shape index (κ3) is 7.16. The minimum absolute atomic E-state index is 0. The van der Waals surface area contributed by atoms with Crippen LogP contribution >= 0.6 is 24.0 Å². The Hall–Kier alpha value is -2.51. The molecule has 0 atom stereocenters. The van der Waals surface area contributed by atoms with Crippen molar-refractivity contribution in [2.24, 2.45) is 10.7 Å². The number of hydrogen-bond donors (Lipinski definition) is 4. The first-order chi connectivity index (χ1) is 11.8. The van der Waals surface area contributed by atoms with Crippen molar-refractivity contribution >= 4 is 41.5 Å². The average molecular weight is 484 g/mol. The number of aliphatic imine (C=N–C) groups is 1. The summed E-state index contributed by atoms with van der Waals surface area (Å²) in [5.41, 5.74) is 5.94. The summed E-state index contributed by atoms with van der Waals surface area (Å²) < 4.78 is 40.9. The Morgan fingerprint density at radius 3 is 2.69 bits per heavy atom. The number of aromatic amines is 1. The highest BCUT2D eigenvalue weighted by atomic mass is 127. The zero-order chi connectivity index (χ0) is 18.3. The lowest BCUT2D eigenvalue weighted by Crippen LogP contribution is -2.29. The zero-order valence-corrected chi connectivity index (χ0v) is 15.5. The van der Waals surface area contributed by atoms with Gasteiger partial charge < -0.3 is 21.1 Å². The Kier molecular flexibility index (Phi) is 8.15. The number of H-pyrrole nitrogens is 1.